The van der Waals surface area contributed by atoms with E-state index in [9.17, 15) is 13.2 Å². The van der Waals surface area contributed by atoms with E-state index in [-0.39, 0.29) is 23.2 Å². The minimum absolute atomic E-state index is 0.122. The van der Waals surface area contributed by atoms with E-state index in [2.05, 4.69) is 5.10 Å². The Morgan fingerprint density at radius 2 is 1.70 bits per heavy atom. The summed E-state index contributed by atoms with van der Waals surface area (Å²) < 4.78 is 29.4. The van der Waals surface area contributed by atoms with Crippen molar-refractivity contribution in [3.8, 4) is 5.69 Å². The highest BCUT2D eigenvalue weighted by Gasteiger charge is 2.33. The molecule has 0 bridgehead atoms. The Morgan fingerprint density at radius 3 is 2.30 bits per heavy atom. The van der Waals surface area contributed by atoms with Gasteiger partial charge in [0.25, 0.3) is 15.9 Å². The molecule has 1 saturated heterocycles. The number of hydrogen-bond donors (Lipinski definition) is 0. The summed E-state index contributed by atoms with van der Waals surface area (Å²) in [4.78, 5) is 14.9. The van der Waals surface area contributed by atoms with Gasteiger partial charge < -0.3 is 4.90 Å². The van der Waals surface area contributed by atoms with Crippen molar-refractivity contribution in [1.82, 2.24) is 19.0 Å². The molecular weight excluding hydrogens is 444 g/mol. The molecule has 0 atom stereocenters. The molecule has 1 fully saturated rings. The predicted octanol–water partition coefficient (Wildman–Crippen LogP) is 3.35. The molecular formula is C20H21ClN4O3S2. The average Bonchev–Trinajstić information content (AvgIpc) is 3.31. The number of thiophene rings is 1. The maximum Gasteiger partial charge on any atom is 0.257 e. The standard InChI is InChI=1S/C20H21ClN4O3S2/c1-14-19(15(2)25(22-14)16-6-4-3-5-7-16)20(26)23-10-12-24(13-11-23)30(27,28)18-9-8-17(21)29-18/h3-9H,10-13H2,1-2H3. The molecule has 3 aromatic rings. The molecule has 0 saturated carbocycles. The lowest BCUT2D eigenvalue weighted by Gasteiger charge is -2.33. The molecule has 30 heavy (non-hydrogen) atoms. The smallest absolute Gasteiger partial charge is 0.257 e. The Balaban J connectivity index is 1.51. The van der Waals surface area contributed by atoms with E-state index in [1.165, 1.54) is 10.4 Å². The van der Waals surface area contributed by atoms with Crippen LogP contribution in [0.25, 0.3) is 5.69 Å². The number of para-hydroxylation sites is 1. The molecule has 1 aromatic carbocycles. The SMILES string of the molecule is Cc1nn(-c2ccccc2)c(C)c1C(=O)N1CCN(S(=O)(=O)c2ccc(Cl)s2)CC1. The zero-order valence-corrected chi connectivity index (χ0v) is 19.0. The van der Waals surface area contributed by atoms with Crippen LogP contribution in [0.15, 0.2) is 46.7 Å². The third-order valence-corrected chi connectivity index (χ3v) is 8.77. The second-order valence-corrected chi connectivity index (χ2v) is 10.9. The topological polar surface area (TPSA) is 75.5 Å². The van der Waals surface area contributed by atoms with Crippen molar-refractivity contribution in [2.45, 2.75) is 18.1 Å². The molecule has 0 unspecified atom stereocenters. The number of rotatable bonds is 4. The lowest BCUT2D eigenvalue weighted by Crippen LogP contribution is -2.50. The number of benzene rings is 1. The summed E-state index contributed by atoms with van der Waals surface area (Å²) in [6, 6.07) is 12.8. The van der Waals surface area contributed by atoms with E-state index in [0.29, 0.717) is 28.7 Å². The number of carbonyl (C=O) groups is 1. The summed E-state index contributed by atoms with van der Waals surface area (Å²) in [7, 11) is -3.59. The van der Waals surface area contributed by atoms with Crippen LogP contribution in [-0.2, 0) is 10.0 Å². The van der Waals surface area contributed by atoms with Gasteiger partial charge in [-0.2, -0.15) is 9.40 Å². The summed E-state index contributed by atoms with van der Waals surface area (Å²) in [5.74, 6) is -0.122. The Labute approximate surface area is 184 Å². The van der Waals surface area contributed by atoms with Crippen LogP contribution in [-0.4, -0.2) is 59.5 Å². The first kappa shape index (κ1) is 21.0. The zero-order valence-electron chi connectivity index (χ0n) is 16.6. The fourth-order valence-electron chi connectivity index (χ4n) is 3.63. The Bertz CT molecular complexity index is 1180. The number of piperazine rings is 1. The zero-order chi connectivity index (χ0) is 21.5. The van der Waals surface area contributed by atoms with Gasteiger partial charge in [0.15, 0.2) is 0 Å². The quantitative estimate of drug-likeness (QED) is 0.593. The molecule has 3 heterocycles. The lowest BCUT2D eigenvalue weighted by molar-refractivity contribution is 0.0696. The molecule has 158 valence electrons. The van der Waals surface area contributed by atoms with Crippen LogP contribution in [0.5, 0.6) is 0 Å². The van der Waals surface area contributed by atoms with Crippen LogP contribution in [0.3, 0.4) is 0 Å². The second-order valence-electron chi connectivity index (χ2n) is 7.05. The van der Waals surface area contributed by atoms with E-state index in [4.69, 9.17) is 11.6 Å². The number of halogens is 1. The fourth-order valence-corrected chi connectivity index (χ4v) is 6.69. The minimum Gasteiger partial charge on any atom is -0.336 e. The van der Waals surface area contributed by atoms with Crippen LogP contribution in [0.1, 0.15) is 21.7 Å². The molecule has 0 aliphatic carbocycles. The van der Waals surface area contributed by atoms with Gasteiger partial charge >= 0.3 is 0 Å². The molecule has 7 nitrogen and oxygen atoms in total. The third kappa shape index (κ3) is 3.78. The average molecular weight is 465 g/mol. The van der Waals surface area contributed by atoms with Gasteiger partial charge in [0.05, 0.1) is 27.0 Å². The van der Waals surface area contributed by atoms with Gasteiger partial charge in [0.1, 0.15) is 4.21 Å². The van der Waals surface area contributed by atoms with Crippen molar-refractivity contribution in [2.24, 2.45) is 0 Å². The second kappa shape index (κ2) is 8.14. The monoisotopic (exact) mass is 464 g/mol. The van der Waals surface area contributed by atoms with Crippen molar-refractivity contribution in [1.29, 1.82) is 0 Å². The number of hydrogen-bond acceptors (Lipinski definition) is 5. The van der Waals surface area contributed by atoms with Crippen molar-refractivity contribution >= 4 is 38.9 Å². The molecule has 4 rings (SSSR count). The summed E-state index contributed by atoms with van der Waals surface area (Å²) >= 11 is 6.93. The maximum atomic E-state index is 13.2. The molecule has 1 aliphatic rings. The van der Waals surface area contributed by atoms with Gasteiger partial charge in [-0.15, -0.1) is 11.3 Å². The summed E-state index contributed by atoms with van der Waals surface area (Å²) in [6.45, 7) is 4.84. The van der Waals surface area contributed by atoms with Crippen molar-refractivity contribution in [3.05, 3.63) is 63.8 Å². The Morgan fingerprint density at radius 1 is 1.03 bits per heavy atom. The first-order valence-electron chi connectivity index (χ1n) is 9.45. The molecule has 10 heteroatoms. The van der Waals surface area contributed by atoms with Gasteiger partial charge in [-0.3, -0.25) is 4.79 Å². The summed E-state index contributed by atoms with van der Waals surface area (Å²) in [6.07, 6.45) is 0. The molecule has 1 amide bonds. The number of aryl methyl sites for hydroxylation is 1. The van der Waals surface area contributed by atoms with Gasteiger partial charge in [-0.1, -0.05) is 29.8 Å². The van der Waals surface area contributed by atoms with E-state index in [1.54, 1.807) is 15.6 Å². The first-order valence-corrected chi connectivity index (χ1v) is 12.1. The minimum atomic E-state index is -3.59. The van der Waals surface area contributed by atoms with Crippen LogP contribution < -0.4 is 0 Å². The fraction of sp³-hybridized carbons (Fsp3) is 0.300. The van der Waals surface area contributed by atoms with E-state index in [0.717, 1.165) is 22.7 Å². The van der Waals surface area contributed by atoms with Gasteiger partial charge in [0, 0.05) is 26.2 Å². The molecule has 1 aliphatic heterocycles. The highest BCUT2D eigenvalue weighted by Crippen LogP contribution is 2.29. The predicted molar refractivity (Wildman–Crippen MR) is 117 cm³/mol. The molecule has 0 radical (unpaired) electrons. The van der Waals surface area contributed by atoms with Crippen LogP contribution in [0.2, 0.25) is 4.34 Å². The normalized spacial score (nSPS) is 15.5. The number of aromatic nitrogens is 2. The van der Waals surface area contributed by atoms with Crippen molar-refractivity contribution in [3.63, 3.8) is 0 Å². The third-order valence-electron chi connectivity index (χ3n) is 5.17. The largest absolute Gasteiger partial charge is 0.336 e. The van der Waals surface area contributed by atoms with Gasteiger partial charge in [-0.05, 0) is 38.1 Å². The summed E-state index contributed by atoms with van der Waals surface area (Å²) in [5.41, 5.74) is 2.89. The highest BCUT2D eigenvalue weighted by atomic mass is 35.5. The van der Waals surface area contributed by atoms with Crippen LogP contribution >= 0.6 is 22.9 Å². The van der Waals surface area contributed by atoms with Crippen molar-refractivity contribution < 1.29 is 13.2 Å². The van der Waals surface area contributed by atoms with Gasteiger partial charge in [0.2, 0.25) is 0 Å². The molecule has 2 aromatic heterocycles. The molecule has 0 N–H and O–H groups in total. The van der Waals surface area contributed by atoms with E-state index in [1.807, 2.05) is 44.2 Å². The van der Waals surface area contributed by atoms with Crippen LogP contribution in [0.4, 0.5) is 0 Å². The van der Waals surface area contributed by atoms with Crippen LogP contribution in [0, 0.1) is 13.8 Å². The summed E-state index contributed by atoms with van der Waals surface area (Å²) in [5, 5.41) is 4.54. The first-order chi connectivity index (χ1) is 14.3. The number of amides is 1. The highest BCUT2D eigenvalue weighted by molar-refractivity contribution is 7.91. The van der Waals surface area contributed by atoms with Crippen molar-refractivity contribution in [2.75, 3.05) is 26.2 Å². The molecule has 0 spiro atoms. The number of nitrogens with zero attached hydrogens (tertiary/aromatic N) is 4. The van der Waals surface area contributed by atoms with E-state index < -0.39 is 10.0 Å². The number of carbonyl (C=O) groups excluding carboxylic acids is 1. The van der Waals surface area contributed by atoms with E-state index >= 15 is 0 Å². The Kier molecular flexibility index (Phi) is 5.71. The number of sulfonamides is 1. The Hall–Kier alpha value is -2.20. The van der Waals surface area contributed by atoms with Gasteiger partial charge in [-0.25, -0.2) is 13.1 Å². The lowest BCUT2D eigenvalue weighted by atomic mass is 10.1. The maximum absolute atomic E-state index is 13.2.